The molecule has 5 rings (SSSR count). The highest BCUT2D eigenvalue weighted by atomic mass is 127. The Morgan fingerprint density at radius 2 is 1.82 bits per heavy atom. The molecule has 34 heavy (non-hydrogen) atoms. The first kappa shape index (κ1) is 22.5. The van der Waals surface area contributed by atoms with Crippen molar-refractivity contribution in [3.63, 3.8) is 0 Å². The number of carbonyl (C=O) groups is 1. The maximum absolute atomic E-state index is 13.0. The van der Waals surface area contributed by atoms with Gasteiger partial charge in [0.15, 0.2) is 9.84 Å². The monoisotopic (exact) mass is 581 g/mol. The van der Waals surface area contributed by atoms with E-state index in [0.29, 0.717) is 22.3 Å². The second-order valence-corrected chi connectivity index (χ2v) is 11.3. The number of fused-ring (bicyclic) bond motifs is 2. The molecule has 0 aliphatic heterocycles. The van der Waals surface area contributed by atoms with Crippen molar-refractivity contribution in [1.82, 2.24) is 9.97 Å². The summed E-state index contributed by atoms with van der Waals surface area (Å²) in [6.07, 6.45) is 1.79. The minimum absolute atomic E-state index is 0.0248. The molecule has 2 aromatic heterocycles. The van der Waals surface area contributed by atoms with Gasteiger partial charge in [-0.25, -0.2) is 8.42 Å². The molecule has 0 fully saturated rings. The summed E-state index contributed by atoms with van der Waals surface area (Å²) in [4.78, 5) is 20.9. The van der Waals surface area contributed by atoms with Crippen LogP contribution in [0.2, 0.25) is 0 Å². The molecule has 170 valence electrons. The summed E-state index contributed by atoms with van der Waals surface area (Å²) in [5, 5.41) is 5.75. The van der Waals surface area contributed by atoms with E-state index in [2.05, 4.69) is 37.9 Å². The van der Waals surface area contributed by atoms with Gasteiger partial charge in [0.1, 0.15) is 5.69 Å². The molecule has 0 saturated carbocycles. The fourth-order valence-electron chi connectivity index (χ4n) is 3.91. The van der Waals surface area contributed by atoms with Crippen molar-refractivity contribution in [2.45, 2.75) is 11.8 Å². The average molecular weight is 581 g/mol. The normalized spacial score (nSPS) is 11.7. The number of amides is 1. The van der Waals surface area contributed by atoms with Crippen LogP contribution in [0.4, 0.5) is 5.69 Å². The number of halogens is 1. The van der Waals surface area contributed by atoms with Crippen LogP contribution in [0.3, 0.4) is 0 Å². The van der Waals surface area contributed by atoms with Crippen molar-refractivity contribution >= 4 is 65.7 Å². The molecule has 0 saturated heterocycles. The number of nitrogens with zero attached hydrogens (tertiary/aromatic N) is 1. The van der Waals surface area contributed by atoms with Crippen LogP contribution >= 0.6 is 22.6 Å². The summed E-state index contributed by atoms with van der Waals surface area (Å²) < 4.78 is 25.4. The molecule has 0 aliphatic carbocycles. The first-order chi connectivity index (χ1) is 16.4. The Morgan fingerprint density at radius 1 is 1.00 bits per heavy atom. The Bertz CT molecular complexity index is 1670. The zero-order chi connectivity index (χ0) is 23.9. The van der Waals surface area contributed by atoms with Crippen LogP contribution in [0, 0.1) is 3.57 Å². The molecule has 3 aromatic carbocycles. The zero-order valence-corrected chi connectivity index (χ0v) is 21.1. The van der Waals surface area contributed by atoms with Gasteiger partial charge in [0.05, 0.1) is 16.3 Å². The van der Waals surface area contributed by atoms with Crippen LogP contribution in [0.1, 0.15) is 17.4 Å². The molecule has 0 bridgehead atoms. The first-order valence-corrected chi connectivity index (χ1v) is 13.4. The molecule has 8 heteroatoms. The number of aromatic nitrogens is 2. The standard InChI is InChI=1S/C26H20IN3O3S/c1-2-34(32,33)19-8-10-23-17(13-19)14-24(30-23)26(31)29-18-7-9-22(27)21(15-18)25-20-6-4-3-5-16(20)11-12-28-25/h3-15,30H,2H2,1H3,(H,29,31). The van der Waals surface area contributed by atoms with Crippen LogP contribution in [0.15, 0.2) is 83.9 Å². The number of anilines is 1. The molecule has 2 heterocycles. The lowest BCUT2D eigenvalue weighted by Crippen LogP contribution is -2.12. The van der Waals surface area contributed by atoms with E-state index in [-0.39, 0.29) is 16.6 Å². The third-order valence-electron chi connectivity index (χ3n) is 5.73. The van der Waals surface area contributed by atoms with Crippen LogP contribution in [0.5, 0.6) is 0 Å². The molecular weight excluding hydrogens is 561 g/mol. The van der Waals surface area contributed by atoms with E-state index < -0.39 is 9.84 Å². The average Bonchev–Trinajstić information content (AvgIpc) is 3.29. The summed E-state index contributed by atoms with van der Waals surface area (Å²) in [6, 6.07) is 22.3. The van der Waals surface area contributed by atoms with Crippen LogP contribution in [0.25, 0.3) is 32.9 Å². The van der Waals surface area contributed by atoms with E-state index in [1.807, 2.05) is 48.5 Å². The van der Waals surface area contributed by atoms with Crippen LogP contribution in [-0.4, -0.2) is 30.0 Å². The minimum Gasteiger partial charge on any atom is -0.351 e. The molecule has 5 aromatic rings. The summed E-state index contributed by atoms with van der Waals surface area (Å²) >= 11 is 2.27. The Balaban J connectivity index is 1.47. The third-order valence-corrected chi connectivity index (χ3v) is 8.40. The third kappa shape index (κ3) is 4.19. The quantitative estimate of drug-likeness (QED) is 0.248. The number of pyridine rings is 1. The van der Waals surface area contributed by atoms with Gasteiger partial charge >= 0.3 is 0 Å². The number of nitrogens with one attached hydrogen (secondary N) is 2. The van der Waals surface area contributed by atoms with E-state index in [9.17, 15) is 13.2 Å². The summed E-state index contributed by atoms with van der Waals surface area (Å²) in [7, 11) is -3.32. The van der Waals surface area contributed by atoms with E-state index in [4.69, 9.17) is 0 Å². The van der Waals surface area contributed by atoms with Gasteiger partial charge in [-0.1, -0.05) is 31.2 Å². The van der Waals surface area contributed by atoms with Gasteiger partial charge in [0, 0.05) is 37.3 Å². The maximum atomic E-state index is 13.0. The fourth-order valence-corrected chi connectivity index (χ4v) is 5.42. The first-order valence-electron chi connectivity index (χ1n) is 10.7. The summed E-state index contributed by atoms with van der Waals surface area (Å²) in [5.41, 5.74) is 3.48. The van der Waals surface area contributed by atoms with Crippen molar-refractivity contribution in [2.24, 2.45) is 0 Å². The van der Waals surface area contributed by atoms with Crippen molar-refractivity contribution in [3.05, 3.63) is 88.3 Å². The lowest BCUT2D eigenvalue weighted by Gasteiger charge is -2.11. The van der Waals surface area contributed by atoms with E-state index in [0.717, 1.165) is 25.6 Å². The minimum atomic E-state index is -3.32. The van der Waals surface area contributed by atoms with E-state index in [1.54, 1.807) is 37.4 Å². The van der Waals surface area contributed by atoms with Crippen molar-refractivity contribution in [2.75, 3.05) is 11.1 Å². The number of sulfone groups is 1. The highest BCUT2D eigenvalue weighted by Gasteiger charge is 2.16. The number of benzene rings is 3. The largest absolute Gasteiger partial charge is 0.351 e. The molecule has 0 atom stereocenters. The number of aromatic amines is 1. The Labute approximate surface area is 210 Å². The predicted octanol–water partition coefficient (Wildman–Crippen LogP) is 6.03. The fraction of sp³-hybridized carbons (Fsp3) is 0.0769. The molecule has 0 radical (unpaired) electrons. The molecule has 0 aliphatic rings. The number of rotatable bonds is 5. The summed E-state index contributed by atoms with van der Waals surface area (Å²) in [5.74, 6) is -0.286. The highest BCUT2D eigenvalue weighted by Crippen LogP contribution is 2.32. The van der Waals surface area contributed by atoms with E-state index in [1.165, 1.54) is 0 Å². The topological polar surface area (TPSA) is 91.9 Å². The van der Waals surface area contributed by atoms with Gasteiger partial charge in [-0.05, 0) is 76.5 Å². The van der Waals surface area contributed by atoms with Gasteiger partial charge < -0.3 is 10.3 Å². The number of carbonyl (C=O) groups excluding carboxylic acids is 1. The zero-order valence-electron chi connectivity index (χ0n) is 18.2. The van der Waals surface area contributed by atoms with Crippen molar-refractivity contribution in [1.29, 1.82) is 0 Å². The molecule has 1 amide bonds. The van der Waals surface area contributed by atoms with Gasteiger partial charge in [-0.3, -0.25) is 9.78 Å². The van der Waals surface area contributed by atoms with Crippen LogP contribution in [-0.2, 0) is 9.84 Å². The molecule has 0 unspecified atom stereocenters. The second-order valence-electron chi connectivity index (χ2n) is 7.86. The van der Waals surface area contributed by atoms with Gasteiger partial charge in [-0.2, -0.15) is 0 Å². The van der Waals surface area contributed by atoms with Gasteiger partial charge in [0.2, 0.25) is 0 Å². The second kappa shape index (κ2) is 8.84. The van der Waals surface area contributed by atoms with Crippen molar-refractivity contribution in [3.8, 4) is 11.3 Å². The number of H-pyrrole nitrogens is 1. The smallest absolute Gasteiger partial charge is 0.272 e. The molecule has 2 N–H and O–H groups in total. The Hall–Kier alpha value is -3.24. The Morgan fingerprint density at radius 3 is 2.65 bits per heavy atom. The molecule has 0 spiro atoms. The Kier molecular flexibility index (Phi) is 5.86. The van der Waals surface area contributed by atoms with Gasteiger partial charge in [-0.15, -0.1) is 0 Å². The number of hydrogen-bond acceptors (Lipinski definition) is 4. The predicted molar refractivity (Wildman–Crippen MR) is 144 cm³/mol. The SMILES string of the molecule is CCS(=O)(=O)c1ccc2[nH]c(C(=O)Nc3ccc(I)c(-c4nccc5ccccc45)c3)cc2c1. The lowest BCUT2D eigenvalue weighted by atomic mass is 10.0. The highest BCUT2D eigenvalue weighted by molar-refractivity contribution is 14.1. The van der Waals surface area contributed by atoms with E-state index >= 15 is 0 Å². The van der Waals surface area contributed by atoms with Crippen LogP contribution < -0.4 is 5.32 Å². The van der Waals surface area contributed by atoms with Crippen molar-refractivity contribution < 1.29 is 13.2 Å². The lowest BCUT2D eigenvalue weighted by molar-refractivity contribution is 0.102. The molecule has 6 nitrogen and oxygen atoms in total. The summed E-state index contributed by atoms with van der Waals surface area (Å²) in [6.45, 7) is 1.61. The molecular formula is C26H20IN3O3S. The number of hydrogen-bond donors (Lipinski definition) is 2. The maximum Gasteiger partial charge on any atom is 0.272 e. The van der Waals surface area contributed by atoms with Gasteiger partial charge in [0.25, 0.3) is 5.91 Å².